The maximum absolute atomic E-state index is 6.54. The molecule has 1 saturated heterocycles. The number of ether oxygens (including phenoxy) is 1. The lowest BCUT2D eigenvalue weighted by Gasteiger charge is -2.31. The predicted molar refractivity (Wildman–Crippen MR) is 128 cm³/mol. The third kappa shape index (κ3) is 5.32. The highest BCUT2D eigenvalue weighted by molar-refractivity contribution is 7.98. The number of likely N-dealkylation sites (tertiary alicyclic amines) is 1. The van der Waals surface area contributed by atoms with Gasteiger partial charge in [0.05, 0.1) is 12.8 Å². The topological polar surface area (TPSA) is 43.2 Å². The second-order valence-corrected chi connectivity index (χ2v) is 8.89. The molecule has 1 fully saturated rings. The van der Waals surface area contributed by atoms with Crippen molar-refractivity contribution >= 4 is 29.4 Å². The molecular formula is C24H27ClN4OS. The quantitative estimate of drug-likeness (QED) is 0.443. The van der Waals surface area contributed by atoms with Gasteiger partial charge < -0.3 is 4.74 Å². The maximum atomic E-state index is 6.54. The molecule has 2 heterocycles. The Hall–Kier alpha value is -2.28. The zero-order valence-corrected chi connectivity index (χ0v) is 19.4. The molecule has 0 N–H and O–H groups in total. The number of hydrogen-bond acceptors (Lipinski definition) is 5. The molecule has 1 aliphatic heterocycles. The zero-order chi connectivity index (χ0) is 21.6. The summed E-state index contributed by atoms with van der Waals surface area (Å²) in [7, 11) is 1.69. The molecule has 3 aromatic rings. The van der Waals surface area contributed by atoms with Crippen LogP contribution in [0.5, 0.6) is 5.75 Å². The molecule has 0 unspecified atom stereocenters. The van der Waals surface area contributed by atoms with E-state index in [1.165, 1.54) is 0 Å². The summed E-state index contributed by atoms with van der Waals surface area (Å²) in [6.45, 7) is 2.76. The second kappa shape index (κ2) is 10.4. The van der Waals surface area contributed by atoms with Crippen LogP contribution < -0.4 is 4.74 Å². The summed E-state index contributed by atoms with van der Waals surface area (Å²) >= 11 is 8.15. The van der Waals surface area contributed by atoms with Gasteiger partial charge in [-0.2, -0.15) is 0 Å². The lowest BCUT2D eigenvalue weighted by Crippen LogP contribution is -2.34. The van der Waals surface area contributed by atoms with Crippen molar-refractivity contribution < 1.29 is 4.74 Å². The Balaban J connectivity index is 1.45. The first-order chi connectivity index (χ1) is 15.2. The van der Waals surface area contributed by atoms with Gasteiger partial charge in [-0.15, -0.1) is 10.2 Å². The fourth-order valence-corrected chi connectivity index (χ4v) is 4.81. The normalized spacial score (nSPS) is 15.9. The Morgan fingerprint density at radius 2 is 1.90 bits per heavy atom. The van der Waals surface area contributed by atoms with E-state index in [-0.39, 0.29) is 0 Å². The van der Waals surface area contributed by atoms with E-state index in [0.29, 0.717) is 5.92 Å². The van der Waals surface area contributed by atoms with Gasteiger partial charge in [-0.1, -0.05) is 59.8 Å². The summed E-state index contributed by atoms with van der Waals surface area (Å²) in [5, 5.41) is 10.8. The fourth-order valence-electron chi connectivity index (χ4n) is 4.01. The summed E-state index contributed by atoms with van der Waals surface area (Å²) in [5.74, 6) is 2.23. The third-order valence-corrected chi connectivity index (χ3v) is 6.46. The van der Waals surface area contributed by atoms with Gasteiger partial charge in [-0.25, -0.2) is 0 Å². The molecule has 0 amide bonds. The highest BCUT2D eigenvalue weighted by Crippen LogP contribution is 2.32. The Morgan fingerprint density at radius 3 is 2.61 bits per heavy atom. The Morgan fingerprint density at radius 1 is 1.13 bits per heavy atom. The average Bonchev–Trinajstić information content (AvgIpc) is 3.24. The monoisotopic (exact) mass is 454 g/mol. The molecule has 7 heteroatoms. The van der Waals surface area contributed by atoms with Gasteiger partial charge in [-0.05, 0) is 56.0 Å². The Bertz CT molecular complexity index is 1030. The molecule has 0 atom stereocenters. The molecule has 0 spiro atoms. The second-order valence-electron chi connectivity index (χ2n) is 7.63. The van der Waals surface area contributed by atoms with Crippen molar-refractivity contribution in [1.82, 2.24) is 19.7 Å². The molecule has 0 bridgehead atoms. The standard InChI is InChI=1S/C24H27ClN4OS/c1-30-22-10-6-9-21(16-22)29-23(26-27-24(29)31-2)19-11-13-28(14-12-19)17-20(25)15-18-7-4-3-5-8-18/h3-10,15-16,19H,11-14,17H2,1-2H3/b20-15-. The highest BCUT2D eigenvalue weighted by Gasteiger charge is 2.27. The molecule has 4 rings (SSSR count). The van der Waals surface area contributed by atoms with Gasteiger partial charge in [0, 0.05) is 23.6 Å². The number of methoxy groups -OCH3 is 1. The molecule has 2 aromatic carbocycles. The van der Waals surface area contributed by atoms with Crippen LogP contribution in [0.1, 0.15) is 30.1 Å². The number of rotatable bonds is 7. The molecule has 1 aromatic heterocycles. The number of benzene rings is 2. The van der Waals surface area contributed by atoms with Gasteiger partial charge in [0.25, 0.3) is 0 Å². The van der Waals surface area contributed by atoms with Gasteiger partial charge in [-0.3, -0.25) is 9.47 Å². The number of halogens is 1. The van der Waals surface area contributed by atoms with Crippen LogP contribution in [-0.4, -0.2) is 52.7 Å². The Labute approximate surface area is 193 Å². The molecule has 0 aliphatic carbocycles. The lowest BCUT2D eigenvalue weighted by atomic mass is 9.95. The van der Waals surface area contributed by atoms with Crippen molar-refractivity contribution in [3.63, 3.8) is 0 Å². The van der Waals surface area contributed by atoms with E-state index in [9.17, 15) is 0 Å². The smallest absolute Gasteiger partial charge is 0.195 e. The van der Waals surface area contributed by atoms with Crippen LogP contribution in [0.15, 0.2) is 64.8 Å². The molecule has 1 aliphatic rings. The number of thioether (sulfide) groups is 1. The fraction of sp³-hybridized carbons (Fsp3) is 0.333. The highest BCUT2D eigenvalue weighted by atomic mass is 35.5. The number of aromatic nitrogens is 3. The number of piperidine rings is 1. The van der Waals surface area contributed by atoms with Crippen LogP contribution in [0, 0.1) is 0 Å². The largest absolute Gasteiger partial charge is 0.497 e. The summed E-state index contributed by atoms with van der Waals surface area (Å²) in [6, 6.07) is 18.3. The van der Waals surface area contributed by atoms with E-state index in [1.807, 2.05) is 42.7 Å². The zero-order valence-electron chi connectivity index (χ0n) is 17.9. The van der Waals surface area contributed by atoms with Crippen LogP contribution in [0.2, 0.25) is 0 Å². The van der Waals surface area contributed by atoms with Crippen molar-refractivity contribution in [2.45, 2.75) is 23.9 Å². The van der Waals surface area contributed by atoms with Crippen molar-refractivity contribution in [3.05, 3.63) is 71.0 Å². The van der Waals surface area contributed by atoms with Crippen molar-refractivity contribution in [2.75, 3.05) is 33.0 Å². The third-order valence-electron chi connectivity index (χ3n) is 5.60. The van der Waals surface area contributed by atoms with Gasteiger partial charge in [0.15, 0.2) is 5.16 Å². The predicted octanol–water partition coefficient (Wildman–Crippen LogP) is 5.46. The summed E-state index contributed by atoms with van der Waals surface area (Å²) in [6.07, 6.45) is 6.16. The molecule has 31 heavy (non-hydrogen) atoms. The van der Waals surface area contributed by atoms with Crippen LogP contribution in [0.25, 0.3) is 11.8 Å². The van der Waals surface area contributed by atoms with Gasteiger partial charge >= 0.3 is 0 Å². The van der Waals surface area contributed by atoms with E-state index < -0.39 is 0 Å². The van der Waals surface area contributed by atoms with Crippen LogP contribution in [0.3, 0.4) is 0 Å². The molecule has 0 radical (unpaired) electrons. The molecular weight excluding hydrogens is 428 g/mol. The minimum absolute atomic E-state index is 0.368. The minimum Gasteiger partial charge on any atom is -0.497 e. The first-order valence-electron chi connectivity index (χ1n) is 10.4. The van der Waals surface area contributed by atoms with Crippen LogP contribution >= 0.6 is 23.4 Å². The summed E-state index contributed by atoms with van der Waals surface area (Å²) in [4.78, 5) is 2.42. The van der Waals surface area contributed by atoms with Crippen molar-refractivity contribution in [1.29, 1.82) is 0 Å². The van der Waals surface area contributed by atoms with Crippen molar-refractivity contribution in [3.8, 4) is 11.4 Å². The lowest BCUT2D eigenvalue weighted by molar-refractivity contribution is 0.226. The van der Waals surface area contributed by atoms with E-state index >= 15 is 0 Å². The summed E-state index contributed by atoms with van der Waals surface area (Å²) in [5.41, 5.74) is 2.18. The van der Waals surface area contributed by atoms with Crippen LogP contribution in [-0.2, 0) is 0 Å². The molecule has 162 valence electrons. The SMILES string of the molecule is COc1cccc(-n2c(SC)nnc2C2CCN(C/C(Cl)=C/c3ccccc3)CC2)c1. The number of nitrogens with zero attached hydrogens (tertiary/aromatic N) is 4. The average molecular weight is 455 g/mol. The van der Waals surface area contributed by atoms with E-state index in [1.54, 1.807) is 18.9 Å². The molecule has 0 saturated carbocycles. The maximum Gasteiger partial charge on any atom is 0.195 e. The first-order valence-corrected chi connectivity index (χ1v) is 12.1. The van der Waals surface area contributed by atoms with Gasteiger partial charge in [0.1, 0.15) is 11.6 Å². The summed E-state index contributed by atoms with van der Waals surface area (Å²) < 4.78 is 7.60. The van der Waals surface area contributed by atoms with E-state index in [4.69, 9.17) is 16.3 Å². The Kier molecular flexibility index (Phi) is 7.33. The van der Waals surface area contributed by atoms with Gasteiger partial charge in [0.2, 0.25) is 0 Å². The van der Waals surface area contributed by atoms with Crippen molar-refractivity contribution in [2.24, 2.45) is 0 Å². The van der Waals surface area contributed by atoms with Crippen LogP contribution in [0.4, 0.5) is 0 Å². The first kappa shape index (κ1) is 21.9. The van der Waals surface area contributed by atoms with E-state index in [2.05, 4.69) is 43.9 Å². The van der Waals surface area contributed by atoms with E-state index in [0.717, 1.165) is 65.5 Å². The number of hydrogen-bond donors (Lipinski definition) is 0. The molecule has 5 nitrogen and oxygen atoms in total. The minimum atomic E-state index is 0.368.